The Bertz CT molecular complexity index is 2320. The maximum Gasteiger partial charge on any atom is 0.285 e. The molecule has 0 unspecified atom stereocenters. The Hall–Kier alpha value is -4.92. The average molecular weight is 710 g/mol. The zero-order chi connectivity index (χ0) is 30.2. The Morgan fingerprint density at radius 1 is 0.596 bits per heavy atom. The fourth-order valence-corrected chi connectivity index (χ4v) is 8.00. The summed E-state index contributed by atoms with van der Waals surface area (Å²) in [5, 5.41) is 0.987. The second-order valence-corrected chi connectivity index (χ2v) is 12.8. The quantitative estimate of drug-likeness (QED) is 0.136. The molecule has 6 aromatic carbocycles. The molecule has 1 aromatic heterocycles. The van der Waals surface area contributed by atoms with Crippen LogP contribution in [0.15, 0.2) is 140 Å². The van der Waals surface area contributed by atoms with Crippen LogP contribution in [0.25, 0.3) is 43.0 Å². The van der Waals surface area contributed by atoms with Gasteiger partial charge in [-0.2, -0.15) is 28.9 Å². The zero-order valence-corrected chi connectivity index (χ0v) is 27.3. The van der Waals surface area contributed by atoms with E-state index in [1.807, 2.05) is 12.1 Å². The van der Waals surface area contributed by atoms with Crippen molar-refractivity contribution in [2.45, 2.75) is 0 Å². The van der Waals surface area contributed by atoms with Crippen LogP contribution in [0.4, 0.5) is 22.7 Å². The van der Waals surface area contributed by atoms with Crippen molar-refractivity contribution in [2.75, 3.05) is 14.6 Å². The molecule has 0 radical (unpaired) electrons. The molecule has 0 saturated carbocycles. The van der Waals surface area contributed by atoms with Gasteiger partial charge in [0, 0.05) is 47.2 Å². The third-order valence-electron chi connectivity index (χ3n) is 9.14. The first-order valence-electron chi connectivity index (χ1n) is 15.4. The maximum absolute atomic E-state index is 5.00. The monoisotopic (exact) mass is 709 g/mol. The van der Waals surface area contributed by atoms with E-state index < -0.39 is 0 Å². The van der Waals surface area contributed by atoms with Crippen LogP contribution in [-0.4, -0.2) is 11.8 Å². The number of nitrogens with zero attached hydrogens (tertiary/aromatic N) is 4. The predicted octanol–water partition coefficient (Wildman–Crippen LogP) is 8.38. The molecule has 47 heavy (non-hydrogen) atoms. The predicted molar refractivity (Wildman–Crippen MR) is 192 cm³/mol. The van der Waals surface area contributed by atoms with Crippen LogP contribution in [0, 0.1) is 18.8 Å². The molecule has 4 heterocycles. The van der Waals surface area contributed by atoms with E-state index in [2.05, 4.69) is 161 Å². The van der Waals surface area contributed by atoms with Crippen LogP contribution in [0.1, 0.15) is 0 Å². The minimum Gasteiger partial charge on any atom is -0.500 e. The van der Waals surface area contributed by atoms with Gasteiger partial charge < -0.3 is 14.6 Å². The van der Waals surface area contributed by atoms with Gasteiger partial charge in [0.2, 0.25) is 0 Å². The molecule has 0 saturated heterocycles. The number of aromatic nitrogens is 1. The number of anilines is 4. The SMILES string of the molecule is [Pd].[c-]1c(-c2nc3ccccc3s2)ccc2c1B1c3[c-]c(N4C=CN(c5ccccc5)[CH-]4)ccc3-c3ccccc3N1c1ccccc1-2. The van der Waals surface area contributed by atoms with Crippen molar-refractivity contribution in [3.05, 3.63) is 159 Å². The zero-order valence-electron chi connectivity index (χ0n) is 24.9. The first-order valence-corrected chi connectivity index (χ1v) is 16.2. The fourth-order valence-electron chi connectivity index (χ4n) is 7.06. The molecule has 7 aromatic rings. The minimum atomic E-state index is -0.110. The molecule has 7 heteroatoms. The Morgan fingerprint density at radius 2 is 1.23 bits per heavy atom. The van der Waals surface area contributed by atoms with Crippen molar-refractivity contribution in [3.63, 3.8) is 0 Å². The number of hydrogen-bond donors (Lipinski definition) is 0. The van der Waals surface area contributed by atoms with Crippen LogP contribution in [0.5, 0.6) is 0 Å². The molecule has 0 atom stereocenters. The van der Waals surface area contributed by atoms with E-state index in [0.717, 1.165) is 38.4 Å². The summed E-state index contributed by atoms with van der Waals surface area (Å²) in [6.07, 6.45) is 4.19. The number of rotatable bonds is 3. The minimum absolute atomic E-state index is 0. The summed E-state index contributed by atoms with van der Waals surface area (Å²) in [6, 6.07) is 53.0. The third-order valence-corrected chi connectivity index (χ3v) is 10.2. The third kappa shape index (κ3) is 4.42. The van der Waals surface area contributed by atoms with Gasteiger partial charge in [-0.25, -0.2) is 0 Å². The number of thiazole rings is 1. The standard InChI is InChI=1S/C40H24BN4S.Pd/c1-2-10-28(11-3-1)43-22-23-44(26-43)29-19-21-31-33-13-5-8-16-38(33)45-37-15-7-4-12-32(37)30-20-18-27(24-34(30)41(45)35(31)25-29)40-42-36-14-6-9-17-39(36)46-40;/h1-23,26H;/q-3;. The van der Waals surface area contributed by atoms with Crippen LogP contribution >= 0.6 is 11.3 Å². The van der Waals surface area contributed by atoms with Gasteiger partial charge in [0.1, 0.15) is 0 Å². The molecule has 0 spiro atoms. The van der Waals surface area contributed by atoms with Gasteiger partial charge in [0.05, 0.1) is 5.52 Å². The Labute approximate surface area is 292 Å². The smallest absolute Gasteiger partial charge is 0.285 e. The van der Waals surface area contributed by atoms with E-state index in [-0.39, 0.29) is 27.3 Å². The molecule has 4 nitrogen and oxygen atoms in total. The largest absolute Gasteiger partial charge is 0.500 e. The number of benzene rings is 6. The Kier molecular flexibility index (Phi) is 6.69. The number of hydrogen-bond acceptors (Lipinski definition) is 5. The Balaban J connectivity index is 0.00000302. The molecule has 3 aliphatic rings. The summed E-state index contributed by atoms with van der Waals surface area (Å²) in [6.45, 7) is 2.00. The first kappa shape index (κ1) is 28.3. The topological polar surface area (TPSA) is 22.6 Å². The molecule has 10 rings (SSSR count). The normalized spacial score (nSPS) is 13.9. The Morgan fingerprint density at radius 3 is 2.00 bits per heavy atom. The number of para-hydroxylation sites is 4. The van der Waals surface area contributed by atoms with Gasteiger partial charge in [0.15, 0.2) is 0 Å². The van der Waals surface area contributed by atoms with Crippen LogP contribution < -0.4 is 25.5 Å². The van der Waals surface area contributed by atoms with Gasteiger partial charge in [-0.1, -0.05) is 72.3 Å². The molecular formula is C40H24BN4PdS-3. The van der Waals surface area contributed by atoms with E-state index in [1.54, 1.807) is 11.3 Å². The fraction of sp³-hybridized carbons (Fsp3) is 0. The molecular weight excluding hydrogens is 686 g/mol. The van der Waals surface area contributed by atoms with Crippen LogP contribution in [0.3, 0.4) is 0 Å². The maximum atomic E-state index is 5.00. The van der Waals surface area contributed by atoms with Crippen molar-refractivity contribution in [1.29, 1.82) is 0 Å². The van der Waals surface area contributed by atoms with E-state index in [4.69, 9.17) is 4.98 Å². The van der Waals surface area contributed by atoms with Crippen LogP contribution in [0.2, 0.25) is 0 Å². The molecule has 3 aliphatic heterocycles. The molecule has 226 valence electrons. The van der Waals surface area contributed by atoms with E-state index >= 15 is 0 Å². The second kappa shape index (κ2) is 11.1. The van der Waals surface area contributed by atoms with Crippen molar-refractivity contribution >= 4 is 62.1 Å². The van der Waals surface area contributed by atoms with Crippen molar-refractivity contribution in [2.24, 2.45) is 0 Å². The summed E-state index contributed by atoms with van der Waals surface area (Å²) >= 11 is 1.72. The van der Waals surface area contributed by atoms with Gasteiger partial charge in [-0.3, -0.25) is 4.98 Å². The summed E-state index contributed by atoms with van der Waals surface area (Å²) in [5.74, 6) is 0. The van der Waals surface area contributed by atoms with Crippen molar-refractivity contribution < 1.29 is 20.4 Å². The van der Waals surface area contributed by atoms with E-state index in [9.17, 15) is 0 Å². The summed E-state index contributed by atoms with van der Waals surface area (Å²) in [5.41, 5.74) is 13.7. The van der Waals surface area contributed by atoms with Gasteiger partial charge in [0.25, 0.3) is 6.85 Å². The molecule has 0 fully saturated rings. The summed E-state index contributed by atoms with van der Waals surface area (Å²) < 4.78 is 1.19. The van der Waals surface area contributed by atoms with Crippen molar-refractivity contribution in [1.82, 2.24) is 4.98 Å². The molecule has 0 bridgehead atoms. The van der Waals surface area contributed by atoms with Gasteiger partial charge in [-0.15, -0.1) is 58.8 Å². The van der Waals surface area contributed by atoms with Crippen LogP contribution in [-0.2, 0) is 20.4 Å². The van der Waals surface area contributed by atoms with Crippen molar-refractivity contribution in [3.8, 4) is 32.8 Å². The molecule has 0 N–H and O–H groups in total. The average Bonchev–Trinajstić information content (AvgIpc) is 3.80. The number of fused-ring (bicyclic) bond motifs is 12. The van der Waals surface area contributed by atoms with E-state index in [0.29, 0.717) is 0 Å². The van der Waals surface area contributed by atoms with Gasteiger partial charge >= 0.3 is 0 Å². The first-order chi connectivity index (χ1) is 22.8. The second-order valence-electron chi connectivity index (χ2n) is 11.7. The summed E-state index contributed by atoms with van der Waals surface area (Å²) in [7, 11) is 0. The van der Waals surface area contributed by atoms with E-state index in [1.165, 1.54) is 38.3 Å². The molecule has 0 amide bonds. The van der Waals surface area contributed by atoms with Gasteiger partial charge in [-0.05, 0) is 54.4 Å². The molecule has 0 aliphatic carbocycles. The summed E-state index contributed by atoms with van der Waals surface area (Å²) in [4.78, 5) is 11.8.